The van der Waals surface area contributed by atoms with Crippen molar-refractivity contribution in [3.8, 4) is 0 Å². The van der Waals surface area contributed by atoms with Crippen LogP contribution in [0.1, 0.15) is 42.1 Å². The van der Waals surface area contributed by atoms with Crippen molar-refractivity contribution in [2.24, 2.45) is 5.41 Å². The van der Waals surface area contributed by atoms with Gasteiger partial charge in [0.1, 0.15) is 0 Å². The molecule has 17 heavy (non-hydrogen) atoms. The molecule has 0 amide bonds. The molecule has 92 valence electrons. The van der Waals surface area contributed by atoms with Crippen molar-refractivity contribution in [2.45, 2.75) is 32.7 Å². The molecule has 0 heterocycles. The predicted octanol–water partition coefficient (Wildman–Crippen LogP) is 2.66. The molecule has 0 spiro atoms. The zero-order chi connectivity index (χ0) is 12.3. The van der Waals surface area contributed by atoms with Crippen LogP contribution in [0.15, 0.2) is 24.3 Å². The molecule has 2 rings (SSSR count). The van der Waals surface area contributed by atoms with Crippen LogP contribution >= 0.6 is 0 Å². The Kier molecular flexibility index (Phi) is 3.48. The highest BCUT2D eigenvalue weighted by atomic mass is 16.4. The van der Waals surface area contributed by atoms with Crippen molar-refractivity contribution in [3.05, 3.63) is 35.4 Å². The average molecular weight is 233 g/mol. The molecule has 2 N–H and O–H groups in total. The van der Waals surface area contributed by atoms with Crippen LogP contribution in [0.2, 0.25) is 0 Å². The van der Waals surface area contributed by atoms with Gasteiger partial charge in [-0.2, -0.15) is 0 Å². The summed E-state index contributed by atoms with van der Waals surface area (Å²) in [5.41, 5.74) is 1.97. The first kappa shape index (κ1) is 12.1. The number of aromatic carboxylic acids is 1. The van der Waals surface area contributed by atoms with Gasteiger partial charge in [0.25, 0.3) is 0 Å². The third-order valence-corrected chi connectivity index (χ3v) is 3.64. The third kappa shape index (κ3) is 3.07. The number of hydrogen-bond acceptors (Lipinski definition) is 2. The molecule has 1 saturated carbocycles. The second-order valence-electron chi connectivity index (χ2n) is 5.27. The van der Waals surface area contributed by atoms with Crippen LogP contribution in [0, 0.1) is 5.41 Å². The summed E-state index contributed by atoms with van der Waals surface area (Å²) in [5, 5.41) is 12.2. The van der Waals surface area contributed by atoms with Crippen LogP contribution in [0.25, 0.3) is 0 Å². The van der Waals surface area contributed by atoms with E-state index in [9.17, 15) is 4.79 Å². The Hall–Kier alpha value is -1.35. The largest absolute Gasteiger partial charge is 0.478 e. The average Bonchev–Trinajstić information content (AvgIpc) is 2.27. The van der Waals surface area contributed by atoms with E-state index in [-0.39, 0.29) is 0 Å². The van der Waals surface area contributed by atoms with Gasteiger partial charge < -0.3 is 10.4 Å². The summed E-state index contributed by atoms with van der Waals surface area (Å²) >= 11 is 0. The lowest BCUT2D eigenvalue weighted by atomic mass is 9.70. The lowest BCUT2D eigenvalue weighted by Crippen LogP contribution is -2.36. The van der Waals surface area contributed by atoms with E-state index in [1.165, 1.54) is 19.3 Å². The number of carboxylic acids is 1. The lowest BCUT2D eigenvalue weighted by Gasteiger charge is -2.38. The molecular formula is C14H19NO2. The zero-order valence-electron chi connectivity index (χ0n) is 10.2. The Balaban J connectivity index is 1.80. The fraction of sp³-hybridized carbons (Fsp3) is 0.500. The predicted molar refractivity (Wildman–Crippen MR) is 67.1 cm³/mol. The van der Waals surface area contributed by atoms with Gasteiger partial charge in [-0.25, -0.2) is 4.79 Å². The summed E-state index contributed by atoms with van der Waals surface area (Å²) in [7, 11) is 0. The van der Waals surface area contributed by atoms with Crippen molar-refractivity contribution < 1.29 is 9.90 Å². The van der Waals surface area contributed by atoms with Crippen LogP contribution in [0.5, 0.6) is 0 Å². The Morgan fingerprint density at radius 3 is 2.47 bits per heavy atom. The summed E-state index contributed by atoms with van der Waals surface area (Å²) in [6.07, 6.45) is 3.99. The highest BCUT2D eigenvalue weighted by Crippen LogP contribution is 2.39. The molecule has 0 saturated heterocycles. The fourth-order valence-electron chi connectivity index (χ4n) is 2.23. The molecule has 0 atom stereocenters. The van der Waals surface area contributed by atoms with Gasteiger partial charge in [0.05, 0.1) is 5.56 Å². The maximum absolute atomic E-state index is 10.7. The van der Waals surface area contributed by atoms with E-state index in [1.807, 2.05) is 12.1 Å². The maximum atomic E-state index is 10.7. The molecule has 1 aromatic rings. The number of nitrogens with one attached hydrogen (secondary N) is 1. The third-order valence-electron chi connectivity index (χ3n) is 3.64. The highest BCUT2D eigenvalue weighted by Gasteiger charge is 2.30. The Morgan fingerprint density at radius 2 is 2.00 bits per heavy atom. The molecule has 0 unspecified atom stereocenters. The molecular weight excluding hydrogens is 214 g/mol. The van der Waals surface area contributed by atoms with E-state index in [4.69, 9.17) is 5.11 Å². The van der Waals surface area contributed by atoms with Crippen LogP contribution < -0.4 is 5.32 Å². The van der Waals surface area contributed by atoms with Crippen molar-refractivity contribution in [1.29, 1.82) is 0 Å². The zero-order valence-corrected chi connectivity index (χ0v) is 10.2. The number of rotatable bonds is 5. The van der Waals surface area contributed by atoms with E-state index < -0.39 is 5.97 Å². The minimum Gasteiger partial charge on any atom is -0.478 e. The van der Waals surface area contributed by atoms with Gasteiger partial charge >= 0.3 is 5.97 Å². The maximum Gasteiger partial charge on any atom is 0.335 e. The van der Waals surface area contributed by atoms with E-state index in [1.54, 1.807) is 12.1 Å². The first-order valence-electron chi connectivity index (χ1n) is 6.12. The van der Waals surface area contributed by atoms with Gasteiger partial charge in [0, 0.05) is 13.1 Å². The lowest BCUT2D eigenvalue weighted by molar-refractivity contribution is 0.0697. The molecule has 3 heteroatoms. The minimum absolute atomic E-state index is 0.347. The van der Waals surface area contributed by atoms with Gasteiger partial charge in [-0.1, -0.05) is 25.5 Å². The summed E-state index contributed by atoms with van der Waals surface area (Å²) in [6, 6.07) is 7.06. The second-order valence-corrected chi connectivity index (χ2v) is 5.27. The van der Waals surface area contributed by atoms with Crippen LogP contribution in [0.4, 0.5) is 0 Å². The molecule has 1 aliphatic carbocycles. The molecule has 1 aromatic carbocycles. The molecule has 0 bridgehead atoms. The van der Waals surface area contributed by atoms with Gasteiger partial charge in [-0.15, -0.1) is 0 Å². The second kappa shape index (κ2) is 4.88. The van der Waals surface area contributed by atoms with Crippen LogP contribution in [-0.4, -0.2) is 17.6 Å². The van der Waals surface area contributed by atoms with Crippen molar-refractivity contribution in [2.75, 3.05) is 6.54 Å². The minimum atomic E-state index is -0.869. The van der Waals surface area contributed by atoms with Crippen molar-refractivity contribution in [3.63, 3.8) is 0 Å². The first-order valence-corrected chi connectivity index (χ1v) is 6.12. The molecule has 0 aromatic heterocycles. The topological polar surface area (TPSA) is 49.3 Å². The van der Waals surface area contributed by atoms with Crippen LogP contribution in [-0.2, 0) is 6.54 Å². The molecule has 3 nitrogen and oxygen atoms in total. The summed E-state index contributed by atoms with van der Waals surface area (Å²) in [5.74, 6) is -0.869. The van der Waals surface area contributed by atoms with E-state index in [0.717, 1.165) is 18.7 Å². The van der Waals surface area contributed by atoms with E-state index in [0.29, 0.717) is 11.0 Å². The molecule has 1 fully saturated rings. The number of hydrogen-bond donors (Lipinski definition) is 2. The SMILES string of the molecule is CC1(CNCc2ccc(C(=O)O)cc2)CCC1. The molecule has 0 aliphatic heterocycles. The monoisotopic (exact) mass is 233 g/mol. The van der Waals surface area contributed by atoms with Gasteiger partial charge in [0.2, 0.25) is 0 Å². The molecule has 1 aliphatic rings. The summed E-state index contributed by atoms with van der Waals surface area (Å²) in [4.78, 5) is 10.7. The fourth-order valence-corrected chi connectivity index (χ4v) is 2.23. The van der Waals surface area contributed by atoms with E-state index in [2.05, 4.69) is 12.2 Å². The number of carboxylic acid groups (broad SMARTS) is 1. The summed E-state index contributed by atoms with van der Waals surface area (Å²) < 4.78 is 0. The number of carbonyl (C=O) groups is 1. The standard InChI is InChI=1S/C14H19NO2/c1-14(7-2-8-14)10-15-9-11-3-5-12(6-4-11)13(16)17/h3-6,15H,2,7-10H2,1H3,(H,16,17). The quantitative estimate of drug-likeness (QED) is 0.822. The Labute approximate surface area is 102 Å². The first-order chi connectivity index (χ1) is 8.09. The smallest absolute Gasteiger partial charge is 0.335 e. The van der Waals surface area contributed by atoms with Crippen molar-refractivity contribution >= 4 is 5.97 Å². The highest BCUT2D eigenvalue weighted by molar-refractivity contribution is 5.87. The van der Waals surface area contributed by atoms with Crippen molar-refractivity contribution in [1.82, 2.24) is 5.32 Å². The van der Waals surface area contributed by atoms with Gasteiger partial charge in [-0.3, -0.25) is 0 Å². The molecule has 0 radical (unpaired) electrons. The van der Waals surface area contributed by atoms with Crippen LogP contribution in [0.3, 0.4) is 0 Å². The Bertz CT molecular complexity index is 393. The van der Waals surface area contributed by atoms with Gasteiger partial charge in [0.15, 0.2) is 0 Å². The van der Waals surface area contributed by atoms with E-state index >= 15 is 0 Å². The normalized spacial score (nSPS) is 17.5. The number of benzene rings is 1. The Morgan fingerprint density at radius 1 is 1.35 bits per heavy atom. The van der Waals surface area contributed by atoms with Gasteiger partial charge in [-0.05, 0) is 36.0 Å². The summed E-state index contributed by atoms with van der Waals surface area (Å²) in [6.45, 7) is 4.18.